The topological polar surface area (TPSA) is 134 Å². The van der Waals surface area contributed by atoms with Crippen LogP contribution in [-0.4, -0.2) is 50.3 Å². The van der Waals surface area contributed by atoms with E-state index in [4.69, 9.17) is 5.73 Å². The molecular formula is C33H56N2O5S. The summed E-state index contributed by atoms with van der Waals surface area (Å²) in [6, 6.07) is -0.514. The molecule has 1 aromatic rings. The molecule has 1 heterocycles. The minimum Gasteiger partial charge on any atom is -0.481 e. The Balaban J connectivity index is 2.86. The third-order valence-electron chi connectivity index (χ3n) is 8.50. The predicted molar refractivity (Wildman–Crippen MR) is 170 cm³/mol. The van der Waals surface area contributed by atoms with E-state index in [2.05, 4.69) is 39.6 Å². The number of thiazole rings is 1. The van der Waals surface area contributed by atoms with Crippen molar-refractivity contribution in [1.82, 2.24) is 4.98 Å². The summed E-state index contributed by atoms with van der Waals surface area (Å²) in [4.78, 5) is 29.4. The van der Waals surface area contributed by atoms with Crippen molar-refractivity contribution in [3.63, 3.8) is 0 Å². The molecule has 234 valence electrons. The first-order chi connectivity index (χ1) is 18.8. The summed E-state index contributed by atoms with van der Waals surface area (Å²) in [6.07, 6.45) is 5.49. The normalized spacial score (nSPS) is 18.0. The fraction of sp³-hybridized carbons (Fsp3) is 0.727. The maximum absolute atomic E-state index is 13.8. The van der Waals surface area contributed by atoms with Gasteiger partial charge in [-0.2, -0.15) is 0 Å². The number of aliphatic carboxylic acids is 1. The van der Waals surface area contributed by atoms with E-state index >= 15 is 0 Å². The number of rotatable bonds is 17. The van der Waals surface area contributed by atoms with Crippen LogP contribution in [0.5, 0.6) is 0 Å². The summed E-state index contributed by atoms with van der Waals surface area (Å²) in [5, 5.41) is 33.5. The Hall–Kier alpha value is -1.87. The molecule has 0 saturated heterocycles. The van der Waals surface area contributed by atoms with Crippen LogP contribution in [0.1, 0.15) is 112 Å². The minimum absolute atomic E-state index is 0.0562. The summed E-state index contributed by atoms with van der Waals surface area (Å²) in [5.74, 6) is -1.11. The Labute approximate surface area is 252 Å². The third-order valence-corrected chi connectivity index (χ3v) is 9.29. The maximum Gasteiger partial charge on any atom is 0.306 e. The first-order valence-corrected chi connectivity index (χ1v) is 15.8. The molecule has 6 unspecified atom stereocenters. The lowest BCUT2D eigenvalue weighted by molar-refractivity contribution is -0.146. The van der Waals surface area contributed by atoms with E-state index in [0.717, 1.165) is 47.5 Å². The van der Waals surface area contributed by atoms with Crippen molar-refractivity contribution in [3.8, 4) is 0 Å². The van der Waals surface area contributed by atoms with Crippen LogP contribution in [0.3, 0.4) is 0 Å². The Morgan fingerprint density at radius 3 is 2.22 bits per heavy atom. The number of hydrogen-bond donors (Lipinski definition) is 4. The molecule has 5 N–H and O–H groups in total. The maximum atomic E-state index is 13.8. The van der Waals surface area contributed by atoms with E-state index in [-0.39, 0.29) is 29.0 Å². The van der Waals surface area contributed by atoms with Crippen LogP contribution >= 0.6 is 11.3 Å². The van der Waals surface area contributed by atoms with Gasteiger partial charge >= 0.3 is 5.97 Å². The summed E-state index contributed by atoms with van der Waals surface area (Å²) in [5.41, 5.74) is 8.03. The first kappa shape index (κ1) is 37.2. The SMILES string of the molecule is C/C(=C/C(O)C(N)/C(C)=C/c1csc(C)n1)CCCC(C)C(C)C(CCC(C)(C)C)C(=O)C(C)(C)C(O)CC(=O)O. The van der Waals surface area contributed by atoms with E-state index in [1.165, 1.54) is 0 Å². The lowest BCUT2D eigenvalue weighted by Gasteiger charge is -2.37. The lowest BCUT2D eigenvalue weighted by atomic mass is 9.67. The van der Waals surface area contributed by atoms with Gasteiger partial charge in [-0.05, 0) is 69.8 Å². The highest BCUT2D eigenvalue weighted by Gasteiger charge is 2.43. The number of carboxylic acids is 1. The average Bonchev–Trinajstić information content (AvgIpc) is 3.26. The Morgan fingerprint density at radius 2 is 1.71 bits per heavy atom. The van der Waals surface area contributed by atoms with Crippen LogP contribution in [-0.2, 0) is 9.59 Å². The smallest absolute Gasteiger partial charge is 0.306 e. The van der Waals surface area contributed by atoms with Gasteiger partial charge in [-0.1, -0.05) is 72.1 Å². The van der Waals surface area contributed by atoms with Crippen molar-refractivity contribution >= 4 is 29.2 Å². The van der Waals surface area contributed by atoms with Crippen molar-refractivity contribution in [2.24, 2.45) is 34.3 Å². The van der Waals surface area contributed by atoms with Gasteiger partial charge in [-0.15, -0.1) is 11.3 Å². The predicted octanol–water partition coefficient (Wildman–Crippen LogP) is 6.81. The van der Waals surface area contributed by atoms with Gasteiger partial charge in [0.15, 0.2) is 0 Å². The first-order valence-electron chi connectivity index (χ1n) is 14.9. The molecule has 8 heteroatoms. The number of aliphatic hydroxyl groups is 2. The van der Waals surface area contributed by atoms with Crippen molar-refractivity contribution in [2.45, 2.75) is 126 Å². The number of ketones is 1. The number of Topliss-reactive ketones (excluding diaryl/α,β-unsaturated/α-hetero) is 1. The monoisotopic (exact) mass is 592 g/mol. The molecule has 0 aromatic carbocycles. The number of hydrogen-bond acceptors (Lipinski definition) is 7. The summed E-state index contributed by atoms with van der Waals surface area (Å²) < 4.78 is 0. The number of aryl methyl sites for hydroxylation is 1. The van der Waals surface area contributed by atoms with E-state index in [0.29, 0.717) is 6.42 Å². The minimum atomic E-state index is -1.23. The van der Waals surface area contributed by atoms with Crippen LogP contribution in [0, 0.1) is 35.5 Å². The summed E-state index contributed by atoms with van der Waals surface area (Å²) in [7, 11) is 0. The highest BCUT2D eigenvalue weighted by Crippen LogP contribution is 2.38. The zero-order valence-electron chi connectivity index (χ0n) is 27.0. The van der Waals surface area contributed by atoms with E-state index in [1.807, 2.05) is 38.3 Å². The number of nitrogens with two attached hydrogens (primary N) is 1. The van der Waals surface area contributed by atoms with Gasteiger partial charge in [0, 0.05) is 11.3 Å². The number of aromatic nitrogens is 1. The molecule has 0 aliphatic heterocycles. The number of nitrogens with zero attached hydrogens (tertiary/aromatic N) is 1. The van der Waals surface area contributed by atoms with Gasteiger partial charge in [0.1, 0.15) is 5.78 Å². The fourth-order valence-corrected chi connectivity index (χ4v) is 5.74. The lowest BCUT2D eigenvalue weighted by Crippen LogP contribution is -2.44. The molecule has 0 aliphatic rings. The Bertz CT molecular complexity index is 1050. The Kier molecular flexibility index (Phi) is 14.6. The van der Waals surface area contributed by atoms with Gasteiger partial charge < -0.3 is 21.1 Å². The summed E-state index contributed by atoms with van der Waals surface area (Å²) >= 11 is 1.58. The molecular weight excluding hydrogens is 536 g/mol. The molecule has 6 atom stereocenters. The zero-order chi connectivity index (χ0) is 31.7. The van der Waals surface area contributed by atoms with Crippen LogP contribution in [0.25, 0.3) is 6.08 Å². The molecule has 0 bridgehead atoms. The zero-order valence-corrected chi connectivity index (χ0v) is 27.8. The van der Waals surface area contributed by atoms with Gasteiger partial charge in [0.05, 0.1) is 40.8 Å². The molecule has 1 aromatic heterocycles. The van der Waals surface area contributed by atoms with E-state index in [9.17, 15) is 24.9 Å². The number of carbonyl (C=O) groups excluding carboxylic acids is 1. The summed E-state index contributed by atoms with van der Waals surface area (Å²) in [6.45, 7) is 20.0. The number of aliphatic hydroxyl groups excluding tert-OH is 2. The van der Waals surface area contributed by atoms with Gasteiger partial charge in [-0.25, -0.2) is 4.98 Å². The number of allylic oxidation sites excluding steroid dienone is 1. The number of carbonyl (C=O) groups is 2. The molecule has 7 nitrogen and oxygen atoms in total. The second-order valence-electron chi connectivity index (χ2n) is 13.8. The van der Waals surface area contributed by atoms with Crippen LogP contribution in [0.2, 0.25) is 0 Å². The third kappa shape index (κ3) is 12.5. The van der Waals surface area contributed by atoms with Crippen LogP contribution in [0.4, 0.5) is 0 Å². The molecule has 0 fully saturated rings. The fourth-order valence-electron chi connectivity index (χ4n) is 5.17. The highest BCUT2D eigenvalue weighted by atomic mass is 32.1. The molecule has 41 heavy (non-hydrogen) atoms. The quantitative estimate of drug-likeness (QED) is 0.146. The van der Waals surface area contributed by atoms with Crippen LogP contribution in [0.15, 0.2) is 22.6 Å². The molecule has 0 spiro atoms. The van der Waals surface area contributed by atoms with Crippen molar-refractivity contribution in [3.05, 3.63) is 33.3 Å². The highest BCUT2D eigenvalue weighted by molar-refractivity contribution is 7.09. The van der Waals surface area contributed by atoms with E-state index < -0.39 is 36.1 Å². The number of carboxylic acid groups (broad SMARTS) is 1. The molecule has 1 rings (SSSR count). The molecule has 0 amide bonds. The van der Waals surface area contributed by atoms with Gasteiger partial charge in [-0.3, -0.25) is 9.59 Å². The average molecular weight is 593 g/mol. The van der Waals surface area contributed by atoms with E-state index in [1.54, 1.807) is 25.2 Å². The van der Waals surface area contributed by atoms with Crippen molar-refractivity contribution in [2.75, 3.05) is 0 Å². The van der Waals surface area contributed by atoms with Gasteiger partial charge in [0.2, 0.25) is 0 Å². The van der Waals surface area contributed by atoms with Crippen molar-refractivity contribution in [1.29, 1.82) is 0 Å². The second kappa shape index (κ2) is 16.1. The molecule has 0 radical (unpaired) electrons. The molecule has 0 saturated carbocycles. The Morgan fingerprint density at radius 1 is 1.10 bits per heavy atom. The van der Waals surface area contributed by atoms with Crippen LogP contribution < -0.4 is 5.73 Å². The van der Waals surface area contributed by atoms with Crippen molar-refractivity contribution < 1.29 is 24.9 Å². The second-order valence-corrected chi connectivity index (χ2v) is 14.9. The van der Waals surface area contributed by atoms with Gasteiger partial charge in [0.25, 0.3) is 0 Å². The molecule has 0 aliphatic carbocycles. The largest absolute Gasteiger partial charge is 0.481 e. The standard InChI is InChI=1S/C33H56N2O5S/c1-20(16-27(36)30(34)22(3)17-25-19-41-24(5)35-25)12-11-13-21(2)23(4)26(14-15-32(6,7)8)31(40)33(9,10)28(37)18-29(38)39/h16-17,19,21,23,26-28,30,36-37H,11-15,18,34H2,1-10H3,(H,38,39)/b20-16-,22-17+.